The largest absolute Gasteiger partial charge is 0.466 e. The topological polar surface area (TPSA) is 109 Å². The van der Waals surface area contributed by atoms with Gasteiger partial charge in [0.15, 0.2) is 0 Å². The lowest BCUT2D eigenvalue weighted by Gasteiger charge is -2.30. The Morgan fingerprint density at radius 3 is 2.31 bits per heavy atom. The molecule has 2 rings (SSSR count). The van der Waals surface area contributed by atoms with Crippen LogP contribution in [-0.4, -0.2) is 49.0 Å². The highest BCUT2D eigenvalue weighted by Crippen LogP contribution is 2.20. The average Bonchev–Trinajstić information content (AvgIpc) is 2.73. The second-order valence-electron chi connectivity index (χ2n) is 6.47. The standard InChI is InChI=1S/C21H25N3O5/c1-3-28-20(26)15-5-7-18(8-6-15)23-19(25)17(13-22)14-24-11-9-16(10-12-24)21(27)29-4-2/h5-8,14,16H,3-4,9-12H2,1-2H3,(H,23,25)/b17-14-. The van der Waals surface area contributed by atoms with Crippen LogP contribution in [0.3, 0.4) is 0 Å². The lowest BCUT2D eigenvalue weighted by molar-refractivity contribution is -0.149. The lowest BCUT2D eigenvalue weighted by Crippen LogP contribution is -2.34. The van der Waals surface area contributed by atoms with Gasteiger partial charge in [-0.15, -0.1) is 0 Å². The summed E-state index contributed by atoms with van der Waals surface area (Å²) in [4.78, 5) is 37.7. The van der Waals surface area contributed by atoms with Gasteiger partial charge in [-0.25, -0.2) is 4.79 Å². The monoisotopic (exact) mass is 399 g/mol. The van der Waals surface area contributed by atoms with E-state index in [9.17, 15) is 19.6 Å². The van der Waals surface area contributed by atoms with E-state index in [0.717, 1.165) is 0 Å². The van der Waals surface area contributed by atoms with E-state index < -0.39 is 11.9 Å². The van der Waals surface area contributed by atoms with Crippen molar-refractivity contribution >= 4 is 23.5 Å². The first-order chi connectivity index (χ1) is 14.0. The van der Waals surface area contributed by atoms with Gasteiger partial charge in [-0.2, -0.15) is 5.26 Å². The number of amides is 1. The molecule has 0 radical (unpaired) electrons. The number of nitrogens with one attached hydrogen (secondary N) is 1. The molecule has 1 aromatic rings. The number of hydrogen-bond acceptors (Lipinski definition) is 7. The van der Waals surface area contributed by atoms with Crippen molar-refractivity contribution in [1.29, 1.82) is 5.26 Å². The summed E-state index contributed by atoms with van der Waals surface area (Å²) in [5.41, 5.74) is 0.810. The van der Waals surface area contributed by atoms with E-state index in [1.165, 1.54) is 6.20 Å². The number of piperidine rings is 1. The predicted molar refractivity (Wildman–Crippen MR) is 106 cm³/mol. The molecule has 8 heteroatoms. The summed E-state index contributed by atoms with van der Waals surface area (Å²) in [5.74, 6) is -1.31. The SMILES string of the molecule is CCOC(=O)c1ccc(NC(=O)/C(C#N)=C\N2CCC(C(=O)OCC)CC2)cc1. The van der Waals surface area contributed by atoms with Gasteiger partial charge in [0.2, 0.25) is 0 Å². The molecule has 1 saturated heterocycles. The number of benzene rings is 1. The highest BCUT2D eigenvalue weighted by molar-refractivity contribution is 6.06. The van der Waals surface area contributed by atoms with Crippen LogP contribution < -0.4 is 5.32 Å². The first-order valence-electron chi connectivity index (χ1n) is 9.59. The Bertz CT molecular complexity index is 803. The molecule has 1 fully saturated rings. The van der Waals surface area contributed by atoms with Crippen LogP contribution in [0.4, 0.5) is 5.69 Å². The van der Waals surface area contributed by atoms with Crippen LogP contribution >= 0.6 is 0 Å². The molecule has 1 aliphatic heterocycles. The Kier molecular flexibility index (Phi) is 8.22. The van der Waals surface area contributed by atoms with Gasteiger partial charge in [-0.05, 0) is 51.0 Å². The summed E-state index contributed by atoms with van der Waals surface area (Å²) in [6, 6.07) is 8.15. The van der Waals surface area contributed by atoms with Gasteiger partial charge in [0.05, 0.1) is 24.7 Å². The van der Waals surface area contributed by atoms with Crippen molar-refractivity contribution in [3.63, 3.8) is 0 Å². The Balaban J connectivity index is 1.94. The van der Waals surface area contributed by atoms with Gasteiger partial charge in [0.1, 0.15) is 11.6 Å². The van der Waals surface area contributed by atoms with Crippen LogP contribution in [0, 0.1) is 17.2 Å². The van der Waals surface area contributed by atoms with Crippen molar-refractivity contribution in [3.05, 3.63) is 41.6 Å². The van der Waals surface area contributed by atoms with Crippen molar-refractivity contribution in [2.24, 2.45) is 5.92 Å². The third kappa shape index (κ3) is 6.35. The number of carbonyl (C=O) groups excluding carboxylic acids is 3. The fourth-order valence-corrected chi connectivity index (χ4v) is 2.95. The summed E-state index contributed by atoms with van der Waals surface area (Å²) < 4.78 is 9.95. The van der Waals surface area contributed by atoms with Crippen molar-refractivity contribution < 1.29 is 23.9 Å². The molecule has 0 aliphatic carbocycles. The van der Waals surface area contributed by atoms with Crippen LogP contribution in [0.15, 0.2) is 36.0 Å². The minimum absolute atomic E-state index is 0.0333. The summed E-state index contributed by atoms with van der Waals surface area (Å²) in [5, 5.41) is 12.0. The van der Waals surface area contributed by atoms with E-state index in [1.54, 1.807) is 38.1 Å². The van der Waals surface area contributed by atoms with E-state index in [0.29, 0.717) is 43.8 Å². The molecule has 0 spiro atoms. The minimum atomic E-state index is -0.538. The van der Waals surface area contributed by atoms with Crippen LogP contribution in [0.2, 0.25) is 0 Å². The van der Waals surface area contributed by atoms with Crippen molar-refractivity contribution in [2.45, 2.75) is 26.7 Å². The van der Waals surface area contributed by atoms with Crippen molar-refractivity contribution in [3.8, 4) is 6.07 Å². The molecule has 154 valence electrons. The number of carbonyl (C=O) groups is 3. The number of ether oxygens (including phenoxy) is 2. The molecule has 0 bridgehead atoms. The van der Waals surface area contributed by atoms with Gasteiger partial charge in [0, 0.05) is 25.0 Å². The molecule has 0 saturated carbocycles. The van der Waals surface area contributed by atoms with Crippen molar-refractivity contribution in [1.82, 2.24) is 4.90 Å². The maximum atomic E-state index is 12.4. The van der Waals surface area contributed by atoms with Crippen LogP contribution in [0.1, 0.15) is 37.0 Å². The van der Waals surface area contributed by atoms with E-state index in [2.05, 4.69) is 5.32 Å². The van der Waals surface area contributed by atoms with Gasteiger partial charge >= 0.3 is 11.9 Å². The summed E-state index contributed by atoms with van der Waals surface area (Å²) in [6.45, 7) is 5.27. The Labute approximate surface area is 170 Å². The zero-order chi connectivity index (χ0) is 21.2. The van der Waals surface area contributed by atoms with Gasteiger partial charge in [0.25, 0.3) is 5.91 Å². The van der Waals surface area contributed by atoms with Crippen LogP contribution in [0.5, 0.6) is 0 Å². The molecular formula is C21H25N3O5. The summed E-state index contributed by atoms with van der Waals surface area (Å²) in [6.07, 6.45) is 2.75. The second-order valence-corrected chi connectivity index (χ2v) is 6.47. The smallest absolute Gasteiger partial charge is 0.338 e. The summed E-state index contributed by atoms with van der Waals surface area (Å²) in [7, 11) is 0. The number of likely N-dealkylation sites (tertiary alicyclic amines) is 1. The molecule has 29 heavy (non-hydrogen) atoms. The molecule has 1 N–H and O–H groups in total. The first kappa shape index (κ1) is 22.0. The summed E-state index contributed by atoms with van der Waals surface area (Å²) >= 11 is 0. The number of anilines is 1. The molecule has 1 aromatic carbocycles. The third-order valence-electron chi connectivity index (χ3n) is 4.48. The first-order valence-corrected chi connectivity index (χ1v) is 9.59. The molecule has 8 nitrogen and oxygen atoms in total. The Morgan fingerprint density at radius 2 is 1.76 bits per heavy atom. The average molecular weight is 399 g/mol. The molecule has 0 atom stereocenters. The Hall–Kier alpha value is -3.34. The number of hydrogen-bond donors (Lipinski definition) is 1. The Morgan fingerprint density at radius 1 is 1.14 bits per heavy atom. The highest BCUT2D eigenvalue weighted by Gasteiger charge is 2.25. The van der Waals surface area contributed by atoms with Crippen LogP contribution in [0.25, 0.3) is 0 Å². The molecule has 0 aromatic heterocycles. The van der Waals surface area contributed by atoms with Gasteiger partial charge in [-0.1, -0.05) is 0 Å². The number of rotatable bonds is 7. The van der Waals surface area contributed by atoms with Gasteiger partial charge in [-0.3, -0.25) is 9.59 Å². The second kappa shape index (κ2) is 10.9. The zero-order valence-corrected chi connectivity index (χ0v) is 16.6. The van der Waals surface area contributed by atoms with Gasteiger partial charge < -0.3 is 19.7 Å². The van der Waals surface area contributed by atoms with E-state index >= 15 is 0 Å². The molecular weight excluding hydrogens is 374 g/mol. The van der Waals surface area contributed by atoms with Crippen LogP contribution in [-0.2, 0) is 19.1 Å². The van der Waals surface area contributed by atoms with E-state index in [-0.39, 0.29) is 24.1 Å². The minimum Gasteiger partial charge on any atom is -0.466 e. The third-order valence-corrected chi connectivity index (χ3v) is 4.48. The zero-order valence-electron chi connectivity index (χ0n) is 16.6. The number of nitrogens with zero attached hydrogens (tertiary/aromatic N) is 2. The highest BCUT2D eigenvalue weighted by atomic mass is 16.5. The maximum absolute atomic E-state index is 12.4. The van der Waals surface area contributed by atoms with E-state index in [1.807, 2.05) is 11.0 Å². The normalized spacial score (nSPS) is 14.7. The fraction of sp³-hybridized carbons (Fsp3) is 0.429. The van der Waals surface area contributed by atoms with E-state index in [4.69, 9.17) is 9.47 Å². The molecule has 1 heterocycles. The lowest BCUT2D eigenvalue weighted by atomic mass is 9.97. The molecule has 1 aliphatic rings. The quantitative estimate of drug-likeness (QED) is 0.426. The fourth-order valence-electron chi connectivity index (χ4n) is 2.95. The molecule has 1 amide bonds. The van der Waals surface area contributed by atoms with Crippen molar-refractivity contribution in [2.75, 3.05) is 31.6 Å². The maximum Gasteiger partial charge on any atom is 0.338 e. The number of nitriles is 1. The molecule has 0 unspecified atom stereocenters. The number of esters is 2. The predicted octanol–water partition coefficient (Wildman–Crippen LogP) is 2.48.